The van der Waals surface area contributed by atoms with Crippen LogP contribution in [0.1, 0.15) is 11.1 Å². The Kier molecular flexibility index (Phi) is 3.73. The Labute approximate surface area is 83.4 Å². The maximum atomic E-state index is 9.57. The van der Waals surface area contributed by atoms with Gasteiger partial charge in [0.25, 0.3) is 0 Å². The fraction of sp³-hybridized carbons (Fsp3) is 0.400. The summed E-state index contributed by atoms with van der Waals surface area (Å²) in [6.07, 6.45) is 0. The van der Waals surface area contributed by atoms with Crippen molar-refractivity contribution < 1.29 is 14.7 Å². The second-order valence-corrected chi connectivity index (χ2v) is 2.99. The number of phenolic OH excluding ortho intramolecular Hbond substituents is 1. The van der Waals surface area contributed by atoms with E-state index in [0.717, 1.165) is 11.1 Å². The molecule has 1 rings (SSSR count). The number of hydrogen-bond acceptors (Lipinski definition) is 4. The lowest BCUT2D eigenvalue weighted by molar-refractivity contribution is 0.0866. The molecule has 4 nitrogen and oxygen atoms in total. The smallest absolute Gasteiger partial charge is 0.161 e. The van der Waals surface area contributed by atoms with Crippen LogP contribution in [0.25, 0.3) is 0 Å². The first kappa shape index (κ1) is 10.8. The van der Waals surface area contributed by atoms with Gasteiger partial charge in [0, 0.05) is 6.54 Å². The van der Waals surface area contributed by atoms with Crippen LogP contribution in [0.3, 0.4) is 0 Å². The van der Waals surface area contributed by atoms with Gasteiger partial charge in [-0.2, -0.15) is 5.48 Å². The Morgan fingerprint density at radius 1 is 1.36 bits per heavy atom. The molecule has 0 saturated heterocycles. The summed E-state index contributed by atoms with van der Waals surface area (Å²) in [7, 11) is 3.09. The summed E-state index contributed by atoms with van der Waals surface area (Å²) in [5, 5.41) is 9.57. The zero-order valence-corrected chi connectivity index (χ0v) is 8.63. The molecule has 1 aromatic carbocycles. The predicted molar refractivity (Wildman–Crippen MR) is 53.2 cm³/mol. The summed E-state index contributed by atoms with van der Waals surface area (Å²) in [5.74, 6) is 0.673. The molecule has 14 heavy (non-hydrogen) atoms. The molecule has 0 heterocycles. The van der Waals surface area contributed by atoms with Gasteiger partial charge in [0.1, 0.15) is 0 Å². The Bertz CT molecular complexity index is 312. The molecule has 0 aromatic heterocycles. The van der Waals surface area contributed by atoms with Crippen LogP contribution in [0, 0.1) is 6.92 Å². The van der Waals surface area contributed by atoms with Crippen LogP contribution in [0.4, 0.5) is 0 Å². The minimum atomic E-state index is 0.189. The van der Waals surface area contributed by atoms with Gasteiger partial charge in [-0.15, -0.1) is 0 Å². The van der Waals surface area contributed by atoms with Crippen LogP contribution in [0.2, 0.25) is 0 Å². The van der Waals surface area contributed by atoms with E-state index in [2.05, 4.69) is 5.48 Å². The van der Waals surface area contributed by atoms with Crippen LogP contribution in [0.15, 0.2) is 12.1 Å². The largest absolute Gasteiger partial charge is 0.504 e. The molecule has 0 aliphatic carbocycles. The number of aryl methyl sites for hydroxylation is 1. The van der Waals surface area contributed by atoms with Crippen LogP contribution < -0.4 is 10.2 Å². The standard InChI is InChI=1S/C10H15NO3/c1-7-4-8(6-11-14-3)5-9(13-2)10(7)12/h4-5,11-12H,6H2,1-3H3. The Morgan fingerprint density at radius 2 is 2.07 bits per heavy atom. The zero-order valence-electron chi connectivity index (χ0n) is 8.63. The summed E-state index contributed by atoms with van der Waals surface area (Å²) in [6.45, 7) is 2.40. The molecular formula is C10H15NO3. The van der Waals surface area contributed by atoms with Crippen LogP contribution in [0.5, 0.6) is 11.5 Å². The lowest BCUT2D eigenvalue weighted by atomic mass is 10.1. The first-order valence-corrected chi connectivity index (χ1v) is 4.31. The highest BCUT2D eigenvalue weighted by molar-refractivity contribution is 5.47. The highest BCUT2D eigenvalue weighted by atomic mass is 16.6. The van der Waals surface area contributed by atoms with E-state index < -0.39 is 0 Å². The van der Waals surface area contributed by atoms with Gasteiger partial charge < -0.3 is 14.7 Å². The molecule has 0 amide bonds. The van der Waals surface area contributed by atoms with Gasteiger partial charge in [-0.1, -0.05) is 6.07 Å². The molecule has 78 valence electrons. The Balaban J connectivity index is 2.91. The molecular weight excluding hydrogens is 182 g/mol. The molecule has 4 heteroatoms. The third kappa shape index (κ3) is 2.37. The van der Waals surface area contributed by atoms with Crippen molar-refractivity contribution in [2.75, 3.05) is 14.2 Å². The Morgan fingerprint density at radius 3 is 2.64 bits per heavy atom. The molecule has 2 N–H and O–H groups in total. The Hall–Kier alpha value is -1.26. The van der Waals surface area contributed by atoms with Crippen LogP contribution in [-0.2, 0) is 11.4 Å². The molecule has 0 fully saturated rings. The molecule has 0 saturated carbocycles. The topological polar surface area (TPSA) is 50.7 Å². The molecule has 0 bridgehead atoms. The average Bonchev–Trinajstić information content (AvgIpc) is 2.19. The first-order valence-electron chi connectivity index (χ1n) is 4.31. The van der Waals surface area contributed by atoms with Crippen molar-refractivity contribution in [1.82, 2.24) is 5.48 Å². The van der Waals surface area contributed by atoms with Crippen molar-refractivity contribution in [2.24, 2.45) is 0 Å². The maximum absolute atomic E-state index is 9.57. The van der Waals surface area contributed by atoms with Crippen molar-refractivity contribution in [1.29, 1.82) is 0 Å². The summed E-state index contributed by atoms with van der Waals surface area (Å²) in [6, 6.07) is 3.65. The summed E-state index contributed by atoms with van der Waals surface area (Å²) in [4.78, 5) is 4.74. The average molecular weight is 197 g/mol. The van der Waals surface area contributed by atoms with Crippen LogP contribution >= 0.6 is 0 Å². The van der Waals surface area contributed by atoms with E-state index in [4.69, 9.17) is 9.57 Å². The van der Waals surface area contributed by atoms with E-state index in [0.29, 0.717) is 12.3 Å². The lowest BCUT2D eigenvalue weighted by Gasteiger charge is -2.09. The van der Waals surface area contributed by atoms with E-state index in [1.165, 1.54) is 7.11 Å². The monoisotopic (exact) mass is 197 g/mol. The molecule has 1 aromatic rings. The summed E-state index contributed by atoms with van der Waals surface area (Å²) < 4.78 is 5.03. The minimum absolute atomic E-state index is 0.189. The number of hydroxylamine groups is 1. The first-order chi connectivity index (χ1) is 6.69. The number of ether oxygens (including phenoxy) is 1. The second-order valence-electron chi connectivity index (χ2n) is 2.99. The van der Waals surface area contributed by atoms with Crippen molar-refractivity contribution in [3.05, 3.63) is 23.3 Å². The normalized spacial score (nSPS) is 10.2. The number of methoxy groups -OCH3 is 1. The van der Waals surface area contributed by atoms with Gasteiger partial charge >= 0.3 is 0 Å². The molecule has 0 atom stereocenters. The minimum Gasteiger partial charge on any atom is -0.504 e. The lowest BCUT2D eigenvalue weighted by Crippen LogP contribution is -2.10. The highest BCUT2D eigenvalue weighted by Gasteiger charge is 2.06. The summed E-state index contributed by atoms with van der Waals surface area (Å²) >= 11 is 0. The van der Waals surface area contributed by atoms with Crippen molar-refractivity contribution in [2.45, 2.75) is 13.5 Å². The van der Waals surface area contributed by atoms with Crippen molar-refractivity contribution >= 4 is 0 Å². The van der Waals surface area contributed by atoms with Gasteiger partial charge in [-0.3, -0.25) is 0 Å². The molecule has 0 spiro atoms. The number of phenols is 1. The fourth-order valence-electron chi connectivity index (χ4n) is 1.23. The van der Waals surface area contributed by atoms with E-state index in [9.17, 15) is 5.11 Å². The summed E-state index contributed by atoms with van der Waals surface area (Å²) in [5.41, 5.74) is 4.51. The van der Waals surface area contributed by atoms with Gasteiger partial charge in [-0.25, -0.2) is 0 Å². The van der Waals surface area contributed by atoms with Gasteiger partial charge in [0.2, 0.25) is 0 Å². The van der Waals surface area contributed by atoms with Gasteiger partial charge in [0.15, 0.2) is 11.5 Å². The number of hydrogen-bond donors (Lipinski definition) is 2. The SMILES string of the molecule is CONCc1cc(C)c(O)c(OC)c1. The predicted octanol–water partition coefficient (Wildman–Crippen LogP) is 1.36. The van der Waals surface area contributed by atoms with Crippen molar-refractivity contribution in [3.8, 4) is 11.5 Å². The van der Waals surface area contributed by atoms with E-state index >= 15 is 0 Å². The van der Waals surface area contributed by atoms with E-state index in [-0.39, 0.29) is 5.75 Å². The quantitative estimate of drug-likeness (QED) is 0.715. The number of rotatable bonds is 4. The van der Waals surface area contributed by atoms with Gasteiger partial charge in [-0.05, 0) is 24.1 Å². The van der Waals surface area contributed by atoms with E-state index in [1.807, 2.05) is 13.0 Å². The second kappa shape index (κ2) is 4.83. The number of benzene rings is 1. The third-order valence-electron chi connectivity index (χ3n) is 1.97. The molecule has 0 unspecified atom stereocenters. The fourth-order valence-corrected chi connectivity index (χ4v) is 1.23. The van der Waals surface area contributed by atoms with Crippen LogP contribution in [-0.4, -0.2) is 19.3 Å². The zero-order chi connectivity index (χ0) is 10.6. The molecule has 0 aliphatic rings. The number of nitrogens with one attached hydrogen (secondary N) is 1. The maximum Gasteiger partial charge on any atom is 0.161 e. The van der Waals surface area contributed by atoms with Gasteiger partial charge in [0.05, 0.1) is 14.2 Å². The molecule has 0 aliphatic heterocycles. The van der Waals surface area contributed by atoms with Crippen molar-refractivity contribution in [3.63, 3.8) is 0 Å². The number of aromatic hydroxyl groups is 1. The highest BCUT2D eigenvalue weighted by Crippen LogP contribution is 2.30. The molecule has 0 radical (unpaired) electrons. The van der Waals surface area contributed by atoms with E-state index in [1.54, 1.807) is 13.2 Å². The third-order valence-corrected chi connectivity index (χ3v) is 1.97.